The molecule has 1 N–H and O–H groups in total. The van der Waals surface area contributed by atoms with Gasteiger partial charge in [0.1, 0.15) is 0 Å². The molecule has 170 valence electrons. The van der Waals surface area contributed by atoms with Crippen molar-refractivity contribution in [3.05, 3.63) is 59.2 Å². The van der Waals surface area contributed by atoms with Crippen molar-refractivity contribution in [1.29, 1.82) is 0 Å². The van der Waals surface area contributed by atoms with Crippen molar-refractivity contribution >= 4 is 11.8 Å². The van der Waals surface area contributed by atoms with Crippen LogP contribution in [0.4, 0.5) is 0 Å². The average molecular weight is 440 g/mol. The van der Waals surface area contributed by atoms with Crippen molar-refractivity contribution in [3.63, 3.8) is 0 Å². The zero-order chi connectivity index (χ0) is 21.5. The molecule has 4 atom stereocenters. The van der Waals surface area contributed by atoms with Crippen LogP contribution >= 0.6 is 11.8 Å². The highest BCUT2D eigenvalue weighted by Crippen LogP contribution is 2.47. The number of thioether (sulfide) groups is 1. The number of benzene rings is 1. The molecule has 31 heavy (non-hydrogen) atoms. The molecule has 0 spiro atoms. The Hall–Kier alpha value is -1.03. The van der Waals surface area contributed by atoms with Crippen molar-refractivity contribution in [3.8, 4) is 0 Å². The first-order valence-electron chi connectivity index (χ1n) is 12.6. The number of aliphatic hydroxyl groups is 1. The number of hydrogen-bond donors (Lipinski definition) is 1. The summed E-state index contributed by atoms with van der Waals surface area (Å²) in [6.45, 7) is 6.09. The minimum Gasteiger partial charge on any atom is -0.392 e. The fourth-order valence-electron chi connectivity index (χ4n) is 5.86. The molecule has 2 aliphatic carbocycles. The molecule has 0 bridgehead atoms. The third-order valence-electron chi connectivity index (χ3n) is 7.49. The SMILES string of the molecule is Cc1cccc(CCC=C[C@@H]2[C@H]3CC(CSCCCN4CCCCC4)=C[C@H]3C[C@H]2O)c1. The van der Waals surface area contributed by atoms with Crippen LogP contribution in [-0.4, -0.2) is 47.3 Å². The van der Waals surface area contributed by atoms with E-state index in [4.69, 9.17) is 0 Å². The van der Waals surface area contributed by atoms with E-state index in [1.807, 2.05) is 0 Å². The normalized spacial score (nSPS) is 28.9. The zero-order valence-corrected chi connectivity index (χ0v) is 20.2. The van der Waals surface area contributed by atoms with E-state index < -0.39 is 0 Å². The zero-order valence-electron chi connectivity index (χ0n) is 19.3. The van der Waals surface area contributed by atoms with Crippen molar-refractivity contribution in [1.82, 2.24) is 4.90 Å². The maximum atomic E-state index is 10.6. The second-order valence-corrected chi connectivity index (χ2v) is 11.1. The number of aliphatic hydroxyl groups excluding tert-OH is 1. The molecule has 1 heterocycles. The summed E-state index contributed by atoms with van der Waals surface area (Å²) in [7, 11) is 0. The highest BCUT2D eigenvalue weighted by molar-refractivity contribution is 7.99. The number of fused-ring (bicyclic) bond motifs is 1. The number of rotatable bonds is 10. The first kappa shape index (κ1) is 23.1. The fourth-order valence-corrected chi connectivity index (χ4v) is 6.81. The Morgan fingerprint density at radius 2 is 2.06 bits per heavy atom. The molecule has 0 amide bonds. The third kappa shape index (κ3) is 6.73. The van der Waals surface area contributed by atoms with Gasteiger partial charge in [-0.05, 0) is 94.7 Å². The van der Waals surface area contributed by atoms with Gasteiger partial charge in [-0.15, -0.1) is 0 Å². The Morgan fingerprint density at radius 1 is 1.19 bits per heavy atom. The second-order valence-electron chi connectivity index (χ2n) is 10.0. The molecule has 1 saturated carbocycles. The number of aryl methyl sites for hydroxylation is 2. The Bertz CT molecular complexity index is 751. The first-order valence-corrected chi connectivity index (χ1v) is 13.7. The van der Waals surface area contributed by atoms with Gasteiger partial charge in [0.2, 0.25) is 0 Å². The highest BCUT2D eigenvalue weighted by Gasteiger charge is 2.43. The second kappa shape index (κ2) is 11.7. The summed E-state index contributed by atoms with van der Waals surface area (Å²) in [6.07, 6.45) is 16.9. The van der Waals surface area contributed by atoms with Crippen molar-refractivity contribution < 1.29 is 5.11 Å². The van der Waals surface area contributed by atoms with Crippen LogP contribution in [0, 0.1) is 24.7 Å². The summed E-state index contributed by atoms with van der Waals surface area (Å²) in [5, 5.41) is 10.6. The molecule has 0 unspecified atom stereocenters. The van der Waals surface area contributed by atoms with Gasteiger partial charge in [-0.2, -0.15) is 11.8 Å². The van der Waals surface area contributed by atoms with Crippen molar-refractivity contribution in [2.45, 2.75) is 64.4 Å². The van der Waals surface area contributed by atoms with Crippen LogP contribution in [0.1, 0.15) is 56.1 Å². The molecular weight excluding hydrogens is 398 g/mol. The number of hydrogen-bond acceptors (Lipinski definition) is 3. The van der Waals surface area contributed by atoms with E-state index in [0.717, 1.165) is 19.3 Å². The lowest BCUT2D eigenvalue weighted by Gasteiger charge is -2.26. The fraction of sp³-hybridized carbons (Fsp3) is 0.643. The van der Waals surface area contributed by atoms with Crippen LogP contribution in [0.15, 0.2) is 48.1 Å². The highest BCUT2D eigenvalue weighted by atomic mass is 32.2. The lowest BCUT2D eigenvalue weighted by Crippen LogP contribution is -2.30. The largest absolute Gasteiger partial charge is 0.392 e. The van der Waals surface area contributed by atoms with Crippen molar-refractivity contribution in [2.24, 2.45) is 17.8 Å². The van der Waals surface area contributed by atoms with E-state index in [2.05, 4.69) is 66.1 Å². The van der Waals surface area contributed by atoms with Gasteiger partial charge in [-0.25, -0.2) is 0 Å². The Morgan fingerprint density at radius 3 is 2.90 bits per heavy atom. The molecule has 0 aromatic heterocycles. The molecule has 3 heteroatoms. The lowest BCUT2D eigenvalue weighted by molar-refractivity contribution is 0.141. The van der Waals surface area contributed by atoms with E-state index in [0.29, 0.717) is 17.8 Å². The molecule has 2 fully saturated rings. The van der Waals surface area contributed by atoms with Gasteiger partial charge in [0.15, 0.2) is 0 Å². The number of nitrogens with zero attached hydrogens (tertiary/aromatic N) is 1. The maximum absolute atomic E-state index is 10.6. The summed E-state index contributed by atoms with van der Waals surface area (Å²) < 4.78 is 0. The molecule has 1 aromatic carbocycles. The molecule has 4 rings (SSSR count). The topological polar surface area (TPSA) is 23.5 Å². The molecule has 0 radical (unpaired) electrons. The van der Waals surface area contributed by atoms with Gasteiger partial charge < -0.3 is 10.0 Å². The molecule has 3 aliphatic rings. The monoisotopic (exact) mass is 439 g/mol. The van der Waals surface area contributed by atoms with Gasteiger partial charge in [0.25, 0.3) is 0 Å². The van der Waals surface area contributed by atoms with Crippen LogP contribution in [0.3, 0.4) is 0 Å². The van der Waals surface area contributed by atoms with E-state index >= 15 is 0 Å². The average Bonchev–Trinajstić information content (AvgIpc) is 3.28. The van der Waals surface area contributed by atoms with Gasteiger partial charge in [0, 0.05) is 11.7 Å². The number of allylic oxidation sites excluding steroid dienone is 2. The van der Waals surface area contributed by atoms with E-state index in [-0.39, 0.29) is 6.10 Å². The molecule has 1 aromatic rings. The minimum atomic E-state index is -0.153. The van der Waals surface area contributed by atoms with Crippen LogP contribution in [0.25, 0.3) is 0 Å². The van der Waals surface area contributed by atoms with Crippen molar-refractivity contribution in [2.75, 3.05) is 31.1 Å². The van der Waals surface area contributed by atoms with E-state index in [9.17, 15) is 5.11 Å². The third-order valence-corrected chi connectivity index (χ3v) is 8.64. The standard InChI is InChI=1S/C28H41NOS/c1-22-9-7-11-23(17-22)10-3-4-12-26-27-19-24(18-25(27)20-28(26)30)21-31-16-8-15-29-13-5-2-6-14-29/h4,7,9,11-12,17-18,25-28,30H,2-3,5-6,8,10,13-16,19-21H2,1H3/t25-,26+,27-,28+/m0/s1. The van der Waals surface area contributed by atoms with Gasteiger partial charge in [-0.1, -0.05) is 60.1 Å². The predicted molar refractivity (Wildman–Crippen MR) is 135 cm³/mol. The lowest BCUT2D eigenvalue weighted by atomic mass is 9.89. The van der Waals surface area contributed by atoms with E-state index in [1.54, 1.807) is 5.57 Å². The molecule has 2 nitrogen and oxygen atoms in total. The van der Waals surface area contributed by atoms with Gasteiger partial charge >= 0.3 is 0 Å². The summed E-state index contributed by atoms with van der Waals surface area (Å²) >= 11 is 2.12. The van der Waals surface area contributed by atoms with Crippen LogP contribution < -0.4 is 0 Å². The Balaban J connectivity index is 1.16. The summed E-state index contributed by atoms with van der Waals surface area (Å²) in [5.74, 6) is 4.07. The Labute approximate surface area is 194 Å². The van der Waals surface area contributed by atoms with Gasteiger partial charge in [-0.3, -0.25) is 0 Å². The van der Waals surface area contributed by atoms with E-state index in [1.165, 1.54) is 74.4 Å². The van der Waals surface area contributed by atoms with Gasteiger partial charge in [0.05, 0.1) is 6.10 Å². The van der Waals surface area contributed by atoms with Crippen LogP contribution in [0.5, 0.6) is 0 Å². The van der Waals surface area contributed by atoms with Crippen LogP contribution in [-0.2, 0) is 6.42 Å². The predicted octanol–water partition coefficient (Wildman–Crippen LogP) is 6.04. The summed E-state index contributed by atoms with van der Waals surface area (Å²) in [4.78, 5) is 2.65. The first-order chi connectivity index (χ1) is 15.2. The smallest absolute Gasteiger partial charge is 0.0611 e. The van der Waals surface area contributed by atoms with Crippen LogP contribution in [0.2, 0.25) is 0 Å². The number of likely N-dealkylation sites (tertiary alicyclic amines) is 1. The minimum absolute atomic E-state index is 0.153. The summed E-state index contributed by atoms with van der Waals surface area (Å²) in [6, 6.07) is 8.81. The number of piperidine rings is 1. The summed E-state index contributed by atoms with van der Waals surface area (Å²) in [5.41, 5.74) is 4.39. The molecule has 1 saturated heterocycles. The molecule has 1 aliphatic heterocycles. The maximum Gasteiger partial charge on any atom is 0.0611 e. The molecular formula is C28H41NOS. The quantitative estimate of drug-likeness (QED) is 0.355. The Kier molecular flexibility index (Phi) is 8.75.